The highest BCUT2D eigenvalue weighted by atomic mass is 19.3. The maximum Gasteiger partial charge on any atom is 0.298 e. The van der Waals surface area contributed by atoms with E-state index in [0.29, 0.717) is 0 Å². The van der Waals surface area contributed by atoms with Crippen molar-refractivity contribution in [2.45, 2.75) is 37.9 Å². The number of hydrogen-bond acceptors (Lipinski definition) is 4. The Kier molecular flexibility index (Phi) is 2.59. The molecule has 1 heterocycles. The van der Waals surface area contributed by atoms with Crippen molar-refractivity contribution in [2.24, 2.45) is 5.73 Å². The van der Waals surface area contributed by atoms with Crippen LogP contribution in [0.5, 0.6) is 0 Å². The van der Waals surface area contributed by atoms with Gasteiger partial charge in [-0.15, -0.1) is 0 Å². The summed E-state index contributed by atoms with van der Waals surface area (Å²) in [5, 5.41) is 9.04. The zero-order valence-corrected chi connectivity index (χ0v) is 7.46. The molecule has 0 bridgehead atoms. The lowest BCUT2D eigenvalue weighted by Gasteiger charge is -2.28. The Hall–Kier alpha value is -0.300. The van der Waals surface area contributed by atoms with Crippen molar-refractivity contribution in [3.63, 3.8) is 0 Å². The van der Waals surface area contributed by atoms with Crippen molar-refractivity contribution in [1.29, 1.82) is 0 Å². The van der Waals surface area contributed by atoms with Gasteiger partial charge in [-0.25, -0.2) is 8.78 Å². The summed E-state index contributed by atoms with van der Waals surface area (Å²) in [5.74, 6) is -3.31. The number of halogens is 2. The minimum atomic E-state index is -3.31. The molecule has 1 rings (SSSR count). The summed E-state index contributed by atoms with van der Waals surface area (Å²) in [6, 6.07) is 0. The van der Waals surface area contributed by atoms with E-state index < -0.39 is 30.6 Å². The normalized spacial score (nSPS) is 29.1. The number of ether oxygens (including phenoxy) is 2. The van der Waals surface area contributed by atoms with Gasteiger partial charge in [0.1, 0.15) is 12.2 Å². The van der Waals surface area contributed by atoms with Gasteiger partial charge in [-0.2, -0.15) is 0 Å². The molecule has 0 aromatic rings. The van der Waals surface area contributed by atoms with Crippen LogP contribution in [-0.2, 0) is 9.47 Å². The fourth-order valence-corrected chi connectivity index (χ4v) is 0.607. The average Bonchev–Trinajstić information content (AvgIpc) is 2.60. The molecule has 4 nitrogen and oxygen atoms in total. The molecule has 13 heavy (non-hydrogen) atoms. The first kappa shape index (κ1) is 10.8. The standard InChI is InChI=1S/C7H13F2NO3/c1-6(2,11)7(8,9)3-12-5-4(10)13-5/h4-5,11H,3,10H2,1-2H3. The molecule has 3 N–H and O–H groups in total. The van der Waals surface area contributed by atoms with E-state index in [-0.39, 0.29) is 0 Å². The van der Waals surface area contributed by atoms with Gasteiger partial charge in [-0.3, -0.25) is 0 Å². The van der Waals surface area contributed by atoms with E-state index >= 15 is 0 Å². The third-order valence-electron chi connectivity index (χ3n) is 1.81. The van der Waals surface area contributed by atoms with E-state index in [2.05, 4.69) is 9.47 Å². The lowest BCUT2D eigenvalue weighted by atomic mass is 10.0. The van der Waals surface area contributed by atoms with Crippen LogP contribution in [0.15, 0.2) is 0 Å². The molecule has 0 saturated carbocycles. The minimum absolute atomic E-state index is 0.613. The zero-order chi connectivity index (χ0) is 10.3. The summed E-state index contributed by atoms with van der Waals surface area (Å²) in [7, 11) is 0. The van der Waals surface area contributed by atoms with Gasteiger partial charge in [0.15, 0.2) is 12.5 Å². The molecule has 78 valence electrons. The van der Waals surface area contributed by atoms with Crippen molar-refractivity contribution < 1.29 is 23.4 Å². The molecule has 0 aliphatic carbocycles. The van der Waals surface area contributed by atoms with Crippen LogP contribution in [0, 0.1) is 0 Å². The largest absolute Gasteiger partial charge is 0.384 e. The molecule has 2 atom stereocenters. The molecule has 0 aromatic heterocycles. The highest BCUT2D eigenvalue weighted by molar-refractivity contribution is 4.85. The van der Waals surface area contributed by atoms with Crippen LogP contribution in [0.3, 0.4) is 0 Å². The molecule has 6 heteroatoms. The van der Waals surface area contributed by atoms with E-state index in [1.807, 2.05) is 0 Å². The molecule has 1 aliphatic rings. The second-order valence-corrected chi connectivity index (χ2v) is 3.54. The Morgan fingerprint density at radius 3 is 2.31 bits per heavy atom. The lowest BCUT2D eigenvalue weighted by Crippen LogP contribution is -2.46. The second kappa shape index (κ2) is 3.13. The van der Waals surface area contributed by atoms with Gasteiger partial charge >= 0.3 is 0 Å². The molecule has 1 saturated heterocycles. The average molecular weight is 197 g/mol. The van der Waals surface area contributed by atoms with Crippen LogP contribution in [-0.4, -0.2) is 35.8 Å². The Morgan fingerprint density at radius 1 is 1.54 bits per heavy atom. The topological polar surface area (TPSA) is 68.0 Å². The number of aliphatic hydroxyl groups is 1. The van der Waals surface area contributed by atoms with E-state index in [1.54, 1.807) is 0 Å². The van der Waals surface area contributed by atoms with Crippen LogP contribution < -0.4 is 5.73 Å². The predicted octanol–water partition coefficient (Wildman–Crippen LogP) is 0.0503. The number of nitrogens with two attached hydrogens (primary N) is 1. The fourth-order valence-electron chi connectivity index (χ4n) is 0.607. The van der Waals surface area contributed by atoms with Crippen molar-refractivity contribution in [3.8, 4) is 0 Å². The van der Waals surface area contributed by atoms with E-state index in [0.717, 1.165) is 13.8 Å². The summed E-state index contributed by atoms with van der Waals surface area (Å²) in [5.41, 5.74) is 3.05. The van der Waals surface area contributed by atoms with Crippen LogP contribution in [0.4, 0.5) is 8.78 Å². The predicted molar refractivity (Wildman–Crippen MR) is 40.0 cm³/mol. The van der Waals surface area contributed by atoms with Crippen molar-refractivity contribution >= 4 is 0 Å². The first-order valence-corrected chi connectivity index (χ1v) is 3.87. The maximum atomic E-state index is 13.0. The maximum absolute atomic E-state index is 13.0. The van der Waals surface area contributed by atoms with Crippen molar-refractivity contribution in [1.82, 2.24) is 0 Å². The van der Waals surface area contributed by atoms with Gasteiger partial charge < -0.3 is 20.3 Å². The Morgan fingerprint density at radius 2 is 2.00 bits per heavy atom. The first-order valence-electron chi connectivity index (χ1n) is 3.87. The van der Waals surface area contributed by atoms with Gasteiger partial charge in [0, 0.05) is 0 Å². The summed E-state index contributed by atoms with van der Waals surface area (Å²) in [4.78, 5) is 0. The van der Waals surface area contributed by atoms with Gasteiger partial charge in [0.05, 0.1) is 0 Å². The first-order chi connectivity index (χ1) is 5.74. The number of epoxide rings is 1. The fraction of sp³-hybridized carbons (Fsp3) is 1.00. The molecule has 0 radical (unpaired) electrons. The molecule has 1 fully saturated rings. The Bertz CT molecular complexity index is 193. The summed E-state index contributed by atoms with van der Waals surface area (Å²) >= 11 is 0. The molecule has 1 aliphatic heterocycles. The molecule has 2 unspecified atom stereocenters. The summed E-state index contributed by atoms with van der Waals surface area (Å²) in [6.45, 7) is 1.14. The van der Waals surface area contributed by atoms with Gasteiger partial charge in [-0.1, -0.05) is 0 Å². The van der Waals surface area contributed by atoms with E-state index in [1.165, 1.54) is 0 Å². The lowest BCUT2D eigenvalue weighted by molar-refractivity contribution is -0.199. The molecule has 0 aromatic carbocycles. The second-order valence-electron chi connectivity index (χ2n) is 3.54. The van der Waals surface area contributed by atoms with Crippen LogP contribution in [0.25, 0.3) is 0 Å². The van der Waals surface area contributed by atoms with Crippen LogP contribution >= 0.6 is 0 Å². The van der Waals surface area contributed by atoms with E-state index in [9.17, 15) is 8.78 Å². The summed E-state index contributed by atoms with van der Waals surface area (Å²) in [6.07, 6.45) is -1.37. The molecule has 0 spiro atoms. The van der Waals surface area contributed by atoms with Gasteiger partial charge in [0.2, 0.25) is 0 Å². The Labute approximate surface area is 74.6 Å². The smallest absolute Gasteiger partial charge is 0.298 e. The van der Waals surface area contributed by atoms with Crippen LogP contribution in [0.2, 0.25) is 0 Å². The number of hydrogen-bond donors (Lipinski definition) is 2. The molecule has 0 amide bonds. The summed E-state index contributed by atoms with van der Waals surface area (Å²) < 4.78 is 35.1. The highest BCUT2D eigenvalue weighted by Gasteiger charge is 2.48. The van der Waals surface area contributed by atoms with Crippen molar-refractivity contribution in [3.05, 3.63) is 0 Å². The zero-order valence-electron chi connectivity index (χ0n) is 7.46. The molecular weight excluding hydrogens is 184 g/mol. The molecular formula is C7H13F2NO3. The minimum Gasteiger partial charge on any atom is -0.384 e. The van der Waals surface area contributed by atoms with Gasteiger partial charge in [-0.05, 0) is 13.8 Å². The highest BCUT2D eigenvalue weighted by Crippen LogP contribution is 2.30. The number of alkyl halides is 2. The quantitative estimate of drug-likeness (QED) is 0.625. The Balaban J connectivity index is 2.34. The SMILES string of the molecule is CC(C)(O)C(F)(F)COC1OC1N. The van der Waals surface area contributed by atoms with Gasteiger partial charge in [0.25, 0.3) is 5.92 Å². The monoisotopic (exact) mass is 197 g/mol. The third kappa shape index (κ3) is 2.57. The van der Waals surface area contributed by atoms with E-state index in [4.69, 9.17) is 10.8 Å². The third-order valence-corrected chi connectivity index (χ3v) is 1.81. The van der Waals surface area contributed by atoms with Crippen LogP contribution in [0.1, 0.15) is 13.8 Å². The van der Waals surface area contributed by atoms with Crippen molar-refractivity contribution in [2.75, 3.05) is 6.61 Å². The number of rotatable bonds is 4.